The van der Waals surface area contributed by atoms with Crippen molar-refractivity contribution in [2.75, 3.05) is 11.1 Å². The van der Waals surface area contributed by atoms with Crippen LogP contribution in [0.25, 0.3) is 16.6 Å². The number of carboxylic acids is 1. The van der Waals surface area contributed by atoms with Crippen molar-refractivity contribution in [3.8, 4) is 16.9 Å². The molecule has 0 radical (unpaired) electrons. The zero-order valence-corrected chi connectivity index (χ0v) is 19.1. The maximum absolute atomic E-state index is 11.4. The Bertz CT molecular complexity index is 1420. The van der Waals surface area contributed by atoms with Crippen LogP contribution in [0, 0.1) is 5.92 Å². The summed E-state index contributed by atoms with van der Waals surface area (Å²) in [6.45, 7) is 0. The summed E-state index contributed by atoms with van der Waals surface area (Å²) in [5.74, 6) is 0.547. The van der Waals surface area contributed by atoms with Crippen molar-refractivity contribution in [1.29, 1.82) is 0 Å². The molecule has 0 bridgehead atoms. The van der Waals surface area contributed by atoms with Crippen molar-refractivity contribution in [3.05, 3.63) is 65.9 Å². The minimum atomic E-state index is -0.721. The van der Waals surface area contributed by atoms with Crippen molar-refractivity contribution >= 4 is 23.0 Å². The molecule has 1 aliphatic carbocycles. The predicted molar refractivity (Wildman–Crippen MR) is 131 cm³/mol. The molecule has 1 saturated carbocycles. The Balaban J connectivity index is 1.37. The normalized spacial score (nSPS) is 21.5. The Labute approximate surface area is 201 Å². The molecule has 1 unspecified atom stereocenters. The highest BCUT2D eigenvalue weighted by atomic mass is 16.4. The lowest BCUT2D eigenvalue weighted by Gasteiger charge is -2.24. The van der Waals surface area contributed by atoms with Gasteiger partial charge in [0.15, 0.2) is 5.82 Å². The highest BCUT2D eigenvalue weighted by Crippen LogP contribution is 2.43. The number of nitrogens with two attached hydrogens (primary N) is 1. The van der Waals surface area contributed by atoms with Gasteiger partial charge in [-0.3, -0.25) is 4.79 Å². The molecule has 9 heteroatoms. The number of para-hydroxylation sites is 1. The molecule has 3 heterocycles. The number of phenols is 1. The molecular weight excluding hydrogens is 444 g/mol. The van der Waals surface area contributed by atoms with Gasteiger partial charge in [-0.25, -0.2) is 14.5 Å². The predicted octanol–water partition coefficient (Wildman–Crippen LogP) is 4.15. The van der Waals surface area contributed by atoms with Crippen LogP contribution in [0.5, 0.6) is 5.75 Å². The number of nitrogens with one attached hydrogen (secondary N) is 1. The Hall–Kier alpha value is -4.14. The molecule has 1 atom stereocenters. The molecule has 9 nitrogen and oxygen atoms in total. The first-order chi connectivity index (χ1) is 17.0. The number of phenolic OH excluding ortho intramolecular Hbond substituents is 1. The van der Waals surface area contributed by atoms with Crippen LogP contribution in [-0.4, -0.2) is 35.8 Å². The highest BCUT2D eigenvalue weighted by Gasteiger charge is 2.34. The number of aromatic hydroxyl groups is 1. The van der Waals surface area contributed by atoms with Gasteiger partial charge in [0.25, 0.3) is 0 Å². The van der Waals surface area contributed by atoms with Gasteiger partial charge in [0.05, 0.1) is 17.7 Å². The molecular formula is C26H26N6O3. The second-order valence-corrected chi connectivity index (χ2v) is 9.44. The number of nitrogen functional groups attached to an aromatic ring is 1. The zero-order valence-electron chi connectivity index (χ0n) is 19.1. The minimum absolute atomic E-state index is 0.101. The van der Waals surface area contributed by atoms with Crippen molar-refractivity contribution in [2.24, 2.45) is 5.92 Å². The van der Waals surface area contributed by atoms with Crippen LogP contribution in [0.15, 0.2) is 48.8 Å². The van der Waals surface area contributed by atoms with E-state index in [1.807, 2.05) is 18.2 Å². The van der Waals surface area contributed by atoms with Gasteiger partial charge in [-0.15, -0.1) is 0 Å². The maximum atomic E-state index is 11.4. The van der Waals surface area contributed by atoms with Crippen LogP contribution in [0.1, 0.15) is 54.7 Å². The monoisotopic (exact) mass is 470 g/mol. The maximum Gasteiger partial charge on any atom is 0.306 e. The number of imidazole rings is 1. The number of rotatable bonds is 4. The van der Waals surface area contributed by atoms with E-state index in [0.29, 0.717) is 24.2 Å². The third-order valence-corrected chi connectivity index (χ3v) is 7.36. The number of aliphatic carboxylic acids is 1. The van der Waals surface area contributed by atoms with Gasteiger partial charge in [0, 0.05) is 23.6 Å². The topological polar surface area (TPSA) is 139 Å². The van der Waals surface area contributed by atoms with Crippen LogP contribution < -0.4 is 11.1 Å². The quantitative estimate of drug-likeness (QED) is 0.349. The molecule has 2 aromatic heterocycles. The molecule has 0 amide bonds. The molecule has 35 heavy (non-hydrogen) atoms. The molecule has 4 aromatic rings. The number of hydrogen-bond acceptors (Lipinski definition) is 7. The second kappa shape index (κ2) is 8.26. The van der Waals surface area contributed by atoms with Crippen molar-refractivity contribution in [3.63, 3.8) is 0 Å². The van der Waals surface area contributed by atoms with E-state index in [1.54, 1.807) is 16.6 Å². The van der Waals surface area contributed by atoms with Gasteiger partial charge < -0.3 is 21.3 Å². The number of carbonyl (C=O) groups is 1. The van der Waals surface area contributed by atoms with Gasteiger partial charge in [-0.05, 0) is 48.9 Å². The standard InChI is InChI=1S/C26H26N6O3/c27-24-23-22(31-25(32(23)29-13-28-24)15-4-6-16(7-5-15)26(34)35)20-12-17-2-1-3-19(21(17)30-20)14-8-10-18(33)11-9-14/h1-3,8-11,13,15-16,20,30,33H,4-7,12H2,(H,34,35)(H2,27,28,29). The van der Waals surface area contributed by atoms with Crippen LogP contribution >= 0.6 is 0 Å². The minimum Gasteiger partial charge on any atom is -0.508 e. The molecule has 178 valence electrons. The molecule has 5 N–H and O–H groups in total. The van der Waals surface area contributed by atoms with E-state index in [-0.39, 0.29) is 23.6 Å². The zero-order chi connectivity index (χ0) is 24.1. The van der Waals surface area contributed by atoms with E-state index in [0.717, 1.165) is 47.6 Å². The average Bonchev–Trinajstić information content (AvgIpc) is 3.47. The molecule has 6 rings (SSSR count). The first kappa shape index (κ1) is 21.4. The van der Waals surface area contributed by atoms with E-state index >= 15 is 0 Å². The van der Waals surface area contributed by atoms with E-state index in [4.69, 9.17) is 10.7 Å². The fraction of sp³-hybridized carbons (Fsp3) is 0.308. The second-order valence-electron chi connectivity index (χ2n) is 9.44. The van der Waals surface area contributed by atoms with E-state index in [2.05, 4.69) is 27.5 Å². The first-order valence-corrected chi connectivity index (χ1v) is 11.9. The summed E-state index contributed by atoms with van der Waals surface area (Å²) >= 11 is 0. The van der Waals surface area contributed by atoms with Crippen LogP contribution in [0.2, 0.25) is 0 Å². The number of anilines is 2. The average molecular weight is 471 g/mol. The molecule has 1 aliphatic heterocycles. The number of benzene rings is 2. The van der Waals surface area contributed by atoms with E-state index in [9.17, 15) is 15.0 Å². The van der Waals surface area contributed by atoms with Gasteiger partial charge in [0.1, 0.15) is 23.4 Å². The summed E-state index contributed by atoms with van der Waals surface area (Å²) < 4.78 is 1.80. The number of hydrogen-bond donors (Lipinski definition) is 4. The molecule has 0 spiro atoms. The Morgan fingerprint density at radius 1 is 1.09 bits per heavy atom. The van der Waals surface area contributed by atoms with Crippen LogP contribution in [0.3, 0.4) is 0 Å². The number of nitrogens with zero attached hydrogens (tertiary/aromatic N) is 4. The molecule has 2 aromatic carbocycles. The summed E-state index contributed by atoms with van der Waals surface area (Å²) in [7, 11) is 0. The number of fused-ring (bicyclic) bond motifs is 2. The summed E-state index contributed by atoms with van der Waals surface area (Å²) in [6, 6.07) is 13.3. The Morgan fingerprint density at radius 2 is 1.86 bits per heavy atom. The lowest BCUT2D eigenvalue weighted by Crippen LogP contribution is -2.21. The van der Waals surface area contributed by atoms with Gasteiger partial charge in [0.2, 0.25) is 0 Å². The van der Waals surface area contributed by atoms with Gasteiger partial charge >= 0.3 is 5.97 Å². The van der Waals surface area contributed by atoms with Gasteiger partial charge in [-0.2, -0.15) is 5.10 Å². The number of aromatic nitrogens is 4. The van der Waals surface area contributed by atoms with Gasteiger partial charge in [-0.1, -0.05) is 30.3 Å². The Kier molecular flexibility index (Phi) is 5.05. The van der Waals surface area contributed by atoms with Crippen molar-refractivity contribution in [2.45, 2.75) is 44.1 Å². The highest BCUT2D eigenvalue weighted by molar-refractivity contribution is 5.83. The first-order valence-electron chi connectivity index (χ1n) is 11.9. The van der Waals surface area contributed by atoms with Crippen LogP contribution in [0.4, 0.5) is 11.5 Å². The summed E-state index contributed by atoms with van der Waals surface area (Å²) in [4.78, 5) is 20.7. The summed E-state index contributed by atoms with van der Waals surface area (Å²) in [5, 5.41) is 27.2. The van der Waals surface area contributed by atoms with Crippen LogP contribution in [-0.2, 0) is 11.2 Å². The van der Waals surface area contributed by atoms with E-state index in [1.165, 1.54) is 11.9 Å². The molecule has 0 saturated heterocycles. The fourth-order valence-corrected chi connectivity index (χ4v) is 5.54. The smallest absolute Gasteiger partial charge is 0.306 e. The van der Waals surface area contributed by atoms with Crippen molar-refractivity contribution < 1.29 is 15.0 Å². The SMILES string of the molecule is Nc1ncnn2c(C3CCC(C(=O)O)CC3)nc(C3Cc4cccc(-c5ccc(O)cc5)c4N3)c12. The van der Waals surface area contributed by atoms with Crippen molar-refractivity contribution in [1.82, 2.24) is 19.6 Å². The third-order valence-electron chi connectivity index (χ3n) is 7.36. The number of carboxylic acid groups (broad SMARTS) is 1. The lowest BCUT2D eigenvalue weighted by atomic mass is 9.82. The summed E-state index contributed by atoms with van der Waals surface area (Å²) in [6.07, 6.45) is 4.96. The molecule has 1 fully saturated rings. The fourth-order valence-electron chi connectivity index (χ4n) is 5.54. The van der Waals surface area contributed by atoms with E-state index < -0.39 is 5.97 Å². The lowest BCUT2D eigenvalue weighted by molar-refractivity contribution is -0.142. The third kappa shape index (κ3) is 3.63. The Morgan fingerprint density at radius 3 is 2.60 bits per heavy atom. The largest absolute Gasteiger partial charge is 0.508 e. The summed E-state index contributed by atoms with van der Waals surface area (Å²) in [5.41, 5.74) is 12.1. The molecule has 2 aliphatic rings.